The summed E-state index contributed by atoms with van der Waals surface area (Å²) in [5.74, 6) is 0.232. The first kappa shape index (κ1) is 11.5. The molecule has 0 N–H and O–H groups in total. The highest BCUT2D eigenvalue weighted by atomic mass is 16.1. The van der Waals surface area contributed by atoms with Crippen LogP contribution in [0.3, 0.4) is 0 Å². The highest BCUT2D eigenvalue weighted by Crippen LogP contribution is 2.16. The number of carbonyl (C=O) groups is 1. The van der Waals surface area contributed by atoms with Crippen LogP contribution in [0.5, 0.6) is 0 Å². The van der Waals surface area contributed by atoms with Gasteiger partial charge in [0.2, 0.25) is 0 Å². The summed E-state index contributed by atoms with van der Waals surface area (Å²) >= 11 is 0. The number of nitrogens with zero attached hydrogens (tertiary/aromatic N) is 1. The van der Waals surface area contributed by atoms with Crippen molar-refractivity contribution in [3.63, 3.8) is 0 Å². The molecule has 15 heavy (non-hydrogen) atoms. The smallest absolute Gasteiger partial charge is 0.165 e. The molecule has 1 aromatic carbocycles. The summed E-state index contributed by atoms with van der Waals surface area (Å²) < 4.78 is 0. The van der Waals surface area contributed by atoms with E-state index < -0.39 is 0 Å². The molecule has 1 aromatic rings. The van der Waals surface area contributed by atoms with Crippen LogP contribution in [0.25, 0.3) is 0 Å². The second-order valence-electron chi connectivity index (χ2n) is 3.86. The third kappa shape index (κ3) is 2.69. The lowest BCUT2D eigenvalue weighted by atomic mass is 10.0. The summed E-state index contributed by atoms with van der Waals surface area (Å²) in [7, 11) is 1.92. The number of carbonyl (C=O) groups excluding carboxylic acids is 1. The SMILES string of the molecule is C=CN(C)c1ccc(C(=O)C(C)C)cc1. The first-order chi connectivity index (χ1) is 7.06. The minimum absolute atomic E-state index is 0.0491. The third-order valence-corrected chi connectivity index (χ3v) is 2.36. The Kier molecular flexibility index (Phi) is 3.67. The highest BCUT2D eigenvalue weighted by molar-refractivity contribution is 5.97. The molecule has 0 aliphatic heterocycles. The molecule has 0 unspecified atom stereocenters. The molecule has 0 aromatic heterocycles. The average molecular weight is 203 g/mol. The lowest BCUT2D eigenvalue weighted by molar-refractivity contribution is 0.0939. The van der Waals surface area contributed by atoms with Crippen LogP contribution < -0.4 is 4.90 Å². The van der Waals surface area contributed by atoms with E-state index in [9.17, 15) is 4.79 Å². The van der Waals surface area contributed by atoms with Crippen LogP contribution in [-0.4, -0.2) is 12.8 Å². The van der Waals surface area contributed by atoms with Crippen LogP contribution in [0.2, 0.25) is 0 Å². The largest absolute Gasteiger partial charge is 0.352 e. The quantitative estimate of drug-likeness (QED) is 0.701. The zero-order valence-electron chi connectivity index (χ0n) is 9.53. The van der Waals surface area contributed by atoms with Crippen molar-refractivity contribution in [3.8, 4) is 0 Å². The molecule has 1 rings (SSSR count). The van der Waals surface area contributed by atoms with Gasteiger partial charge in [0.05, 0.1) is 0 Å². The van der Waals surface area contributed by atoms with Crippen molar-refractivity contribution >= 4 is 11.5 Å². The Morgan fingerprint density at radius 2 is 1.87 bits per heavy atom. The molecule has 0 saturated heterocycles. The molecule has 0 bridgehead atoms. The molecule has 0 heterocycles. The third-order valence-electron chi connectivity index (χ3n) is 2.36. The Labute approximate surface area is 91.2 Å². The summed E-state index contributed by atoms with van der Waals surface area (Å²) in [6, 6.07) is 7.57. The molecule has 0 saturated carbocycles. The van der Waals surface area contributed by atoms with Crippen molar-refractivity contribution in [2.45, 2.75) is 13.8 Å². The number of ketones is 1. The molecule has 80 valence electrons. The van der Waals surface area contributed by atoms with Gasteiger partial charge in [-0.3, -0.25) is 4.79 Å². The van der Waals surface area contributed by atoms with Gasteiger partial charge >= 0.3 is 0 Å². The van der Waals surface area contributed by atoms with Gasteiger partial charge in [0.25, 0.3) is 0 Å². The van der Waals surface area contributed by atoms with Gasteiger partial charge in [-0.05, 0) is 30.5 Å². The van der Waals surface area contributed by atoms with Crippen molar-refractivity contribution in [2.75, 3.05) is 11.9 Å². The maximum absolute atomic E-state index is 11.7. The first-order valence-corrected chi connectivity index (χ1v) is 5.06. The van der Waals surface area contributed by atoms with Crippen LogP contribution in [0.4, 0.5) is 5.69 Å². The standard InChI is InChI=1S/C13H17NO/c1-5-14(4)12-8-6-11(7-9-12)13(15)10(2)3/h5-10H,1H2,2-4H3. The Morgan fingerprint density at radius 1 is 1.33 bits per heavy atom. The summed E-state index contributed by atoms with van der Waals surface area (Å²) in [5, 5.41) is 0. The van der Waals surface area contributed by atoms with Crippen molar-refractivity contribution in [1.29, 1.82) is 0 Å². The number of hydrogen-bond donors (Lipinski definition) is 0. The van der Waals surface area contributed by atoms with Gasteiger partial charge in [-0.15, -0.1) is 0 Å². The molecule has 0 fully saturated rings. The predicted octanol–water partition coefficient (Wildman–Crippen LogP) is 3.11. The van der Waals surface area contributed by atoms with Crippen LogP contribution in [-0.2, 0) is 0 Å². The molecular weight excluding hydrogens is 186 g/mol. The molecule has 0 aliphatic carbocycles. The zero-order chi connectivity index (χ0) is 11.4. The van der Waals surface area contributed by atoms with Crippen molar-refractivity contribution in [3.05, 3.63) is 42.6 Å². The Morgan fingerprint density at radius 3 is 2.27 bits per heavy atom. The van der Waals surface area contributed by atoms with Crippen molar-refractivity contribution < 1.29 is 4.79 Å². The summed E-state index contributed by atoms with van der Waals surface area (Å²) in [6.07, 6.45) is 1.74. The highest BCUT2D eigenvalue weighted by Gasteiger charge is 2.09. The van der Waals surface area contributed by atoms with E-state index in [0.717, 1.165) is 11.3 Å². The van der Waals surface area contributed by atoms with Crippen molar-refractivity contribution in [2.24, 2.45) is 5.92 Å². The monoisotopic (exact) mass is 203 g/mol. The normalized spacial score (nSPS) is 10.1. The molecule has 0 aliphatic rings. The number of hydrogen-bond acceptors (Lipinski definition) is 2. The van der Waals surface area contributed by atoms with Gasteiger partial charge in [0.15, 0.2) is 5.78 Å². The molecule has 0 atom stereocenters. The van der Waals surface area contributed by atoms with E-state index in [1.807, 2.05) is 50.1 Å². The van der Waals surface area contributed by atoms with Crippen LogP contribution >= 0.6 is 0 Å². The fourth-order valence-electron chi connectivity index (χ4n) is 1.30. The van der Waals surface area contributed by atoms with Gasteiger partial charge in [-0.1, -0.05) is 20.4 Å². The van der Waals surface area contributed by atoms with Gasteiger partial charge in [-0.25, -0.2) is 0 Å². The minimum atomic E-state index is 0.0491. The van der Waals surface area contributed by atoms with E-state index in [0.29, 0.717) is 0 Å². The number of rotatable bonds is 4. The second kappa shape index (κ2) is 4.78. The molecule has 0 spiro atoms. The Hall–Kier alpha value is -1.57. The fraction of sp³-hybridized carbons (Fsp3) is 0.308. The molecular formula is C13H17NO. The number of anilines is 1. The van der Waals surface area contributed by atoms with Crippen molar-refractivity contribution in [1.82, 2.24) is 0 Å². The summed E-state index contributed by atoms with van der Waals surface area (Å²) in [6.45, 7) is 7.50. The lowest BCUT2D eigenvalue weighted by Gasteiger charge is -2.13. The average Bonchev–Trinajstić information content (AvgIpc) is 2.27. The van der Waals surface area contributed by atoms with Crippen LogP contribution in [0.1, 0.15) is 24.2 Å². The Bertz CT molecular complexity index is 351. The second-order valence-corrected chi connectivity index (χ2v) is 3.86. The van der Waals surface area contributed by atoms with E-state index >= 15 is 0 Å². The number of Topliss-reactive ketones (excluding diaryl/α,β-unsaturated/α-hetero) is 1. The maximum atomic E-state index is 11.7. The first-order valence-electron chi connectivity index (χ1n) is 5.06. The van der Waals surface area contributed by atoms with E-state index in [1.54, 1.807) is 6.20 Å². The van der Waals surface area contributed by atoms with E-state index in [-0.39, 0.29) is 11.7 Å². The van der Waals surface area contributed by atoms with Gasteiger partial charge in [0, 0.05) is 24.2 Å². The van der Waals surface area contributed by atoms with E-state index in [4.69, 9.17) is 0 Å². The lowest BCUT2D eigenvalue weighted by Crippen LogP contribution is -2.09. The van der Waals surface area contributed by atoms with Gasteiger partial charge < -0.3 is 4.90 Å². The summed E-state index contributed by atoms with van der Waals surface area (Å²) in [5.41, 5.74) is 1.80. The Balaban J connectivity index is 2.90. The molecule has 2 nitrogen and oxygen atoms in total. The van der Waals surface area contributed by atoms with E-state index in [2.05, 4.69) is 6.58 Å². The molecule has 0 amide bonds. The van der Waals surface area contributed by atoms with Crippen LogP contribution in [0.15, 0.2) is 37.0 Å². The fourth-order valence-corrected chi connectivity index (χ4v) is 1.30. The summed E-state index contributed by atoms with van der Waals surface area (Å²) in [4.78, 5) is 13.6. The van der Waals surface area contributed by atoms with Crippen LogP contribution in [0, 0.1) is 5.92 Å². The topological polar surface area (TPSA) is 20.3 Å². The maximum Gasteiger partial charge on any atom is 0.165 e. The van der Waals surface area contributed by atoms with E-state index in [1.165, 1.54) is 0 Å². The van der Waals surface area contributed by atoms with Gasteiger partial charge in [0.1, 0.15) is 0 Å². The zero-order valence-corrected chi connectivity index (χ0v) is 9.53. The molecule has 0 radical (unpaired) electrons. The predicted molar refractivity (Wildman–Crippen MR) is 64.2 cm³/mol. The van der Waals surface area contributed by atoms with Gasteiger partial charge in [-0.2, -0.15) is 0 Å². The number of benzene rings is 1. The molecule has 2 heteroatoms. The minimum Gasteiger partial charge on any atom is -0.352 e.